The highest BCUT2D eigenvalue weighted by Gasteiger charge is 2.55. The molecule has 0 aromatic carbocycles. The van der Waals surface area contributed by atoms with Crippen molar-refractivity contribution >= 4 is 5.91 Å². The van der Waals surface area contributed by atoms with Gasteiger partial charge in [0, 0.05) is 6.04 Å². The van der Waals surface area contributed by atoms with Gasteiger partial charge in [0.1, 0.15) is 0 Å². The van der Waals surface area contributed by atoms with E-state index in [0.29, 0.717) is 23.3 Å². The summed E-state index contributed by atoms with van der Waals surface area (Å²) in [6.45, 7) is 9.23. The molecule has 2 atom stereocenters. The Labute approximate surface area is 129 Å². The van der Waals surface area contributed by atoms with E-state index in [0.717, 1.165) is 12.8 Å². The molecule has 3 heteroatoms. The van der Waals surface area contributed by atoms with Gasteiger partial charge in [-0.1, -0.05) is 47.0 Å². The summed E-state index contributed by atoms with van der Waals surface area (Å²) < 4.78 is 0. The Hall–Kier alpha value is -0.570. The second kappa shape index (κ2) is 5.26. The average molecular weight is 292 g/mol. The van der Waals surface area contributed by atoms with Crippen molar-refractivity contribution in [2.24, 2.45) is 11.3 Å². The van der Waals surface area contributed by atoms with Crippen molar-refractivity contribution in [1.82, 2.24) is 10.2 Å². The van der Waals surface area contributed by atoms with Gasteiger partial charge < -0.3 is 4.90 Å². The molecule has 1 N–H and O–H groups in total. The molecule has 3 fully saturated rings. The van der Waals surface area contributed by atoms with Gasteiger partial charge in [0.25, 0.3) is 0 Å². The Balaban J connectivity index is 1.85. The smallest absolute Gasteiger partial charge is 0.244 e. The molecule has 2 aliphatic carbocycles. The lowest BCUT2D eigenvalue weighted by atomic mass is 9.74. The van der Waals surface area contributed by atoms with Crippen LogP contribution in [0, 0.1) is 11.3 Å². The summed E-state index contributed by atoms with van der Waals surface area (Å²) in [5.74, 6) is 0.903. The molecule has 2 unspecified atom stereocenters. The third-order valence-electron chi connectivity index (χ3n) is 6.03. The number of rotatable bonds is 2. The zero-order valence-electron chi connectivity index (χ0n) is 14.2. The quantitative estimate of drug-likeness (QED) is 0.842. The summed E-state index contributed by atoms with van der Waals surface area (Å²) >= 11 is 0. The standard InChI is InChI=1S/C18H32N2O/c1-13(2)15-19-18(10-5-6-11-18)16(21)20(15)14-8-7-9-17(3,4)12-14/h13-15,19H,5-12H2,1-4H3. The maximum absolute atomic E-state index is 13.2. The molecule has 1 saturated heterocycles. The fourth-order valence-electron chi connectivity index (χ4n) is 4.90. The molecule has 0 aromatic heterocycles. The van der Waals surface area contributed by atoms with Gasteiger partial charge in [0.2, 0.25) is 5.91 Å². The largest absolute Gasteiger partial charge is 0.322 e. The van der Waals surface area contributed by atoms with Crippen LogP contribution >= 0.6 is 0 Å². The van der Waals surface area contributed by atoms with Crippen LogP contribution in [0.5, 0.6) is 0 Å². The van der Waals surface area contributed by atoms with E-state index < -0.39 is 0 Å². The normalized spacial score (nSPS) is 35.1. The van der Waals surface area contributed by atoms with Gasteiger partial charge in [0.05, 0.1) is 11.7 Å². The Bertz CT molecular complexity index is 409. The van der Waals surface area contributed by atoms with Crippen LogP contribution in [0.3, 0.4) is 0 Å². The van der Waals surface area contributed by atoms with Crippen molar-refractivity contribution in [3.8, 4) is 0 Å². The summed E-state index contributed by atoms with van der Waals surface area (Å²) in [4.78, 5) is 15.5. The monoisotopic (exact) mass is 292 g/mol. The molecule has 0 aromatic rings. The van der Waals surface area contributed by atoms with E-state index in [1.54, 1.807) is 0 Å². The maximum atomic E-state index is 13.2. The summed E-state index contributed by atoms with van der Waals surface area (Å²) in [6, 6.07) is 0.445. The molecule has 3 nitrogen and oxygen atoms in total. The molecular weight excluding hydrogens is 260 g/mol. The number of carbonyl (C=O) groups is 1. The minimum absolute atomic E-state index is 0.212. The second-order valence-electron chi connectivity index (χ2n) is 8.75. The lowest BCUT2D eigenvalue weighted by Gasteiger charge is -2.42. The highest BCUT2D eigenvalue weighted by molar-refractivity contribution is 5.89. The Morgan fingerprint density at radius 3 is 2.38 bits per heavy atom. The molecule has 21 heavy (non-hydrogen) atoms. The van der Waals surface area contributed by atoms with Crippen molar-refractivity contribution in [2.45, 2.75) is 96.8 Å². The maximum Gasteiger partial charge on any atom is 0.244 e. The van der Waals surface area contributed by atoms with E-state index >= 15 is 0 Å². The molecule has 2 saturated carbocycles. The van der Waals surface area contributed by atoms with Crippen LogP contribution in [0.4, 0.5) is 0 Å². The third kappa shape index (κ3) is 2.62. The first-order valence-corrected chi connectivity index (χ1v) is 8.95. The molecule has 1 aliphatic heterocycles. The molecular formula is C18H32N2O. The van der Waals surface area contributed by atoms with E-state index in [-0.39, 0.29) is 11.7 Å². The summed E-state index contributed by atoms with van der Waals surface area (Å²) in [6.07, 6.45) is 9.66. The minimum atomic E-state index is -0.212. The molecule has 1 spiro atoms. The number of nitrogens with zero attached hydrogens (tertiary/aromatic N) is 1. The molecule has 3 rings (SSSR count). The number of nitrogens with one attached hydrogen (secondary N) is 1. The van der Waals surface area contributed by atoms with Gasteiger partial charge in [-0.25, -0.2) is 0 Å². The van der Waals surface area contributed by atoms with Gasteiger partial charge in [-0.2, -0.15) is 0 Å². The number of amides is 1. The highest BCUT2D eigenvalue weighted by atomic mass is 16.2. The van der Waals surface area contributed by atoms with Crippen LogP contribution < -0.4 is 5.32 Å². The molecule has 0 radical (unpaired) electrons. The van der Waals surface area contributed by atoms with Crippen LogP contribution in [0.25, 0.3) is 0 Å². The van der Waals surface area contributed by atoms with Crippen LogP contribution in [-0.2, 0) is 4.79 Å². The number of hydrogen-bond acceptors (Lipinski definition) is 2. The van der Waals surface area contributed by atoms with E-state index in [9.17, 15) is 4.79 Å². The van der Waals surface area contributed by atoms with E-state index in [1.165, 1.54) is 38.5 Å². The van der Waals surface area contributed by atoms with Gasteiger partial charge in [0.15, 0.2) is 0 Å². The topological polar surface area (TPSA) is 32.3 Å². The highest BCUT2D eigenvalue weighted by Crippen LogP contribution is 2.43. The predicted octanol–water partition coefficient (Wildman–Crippen LogP) is 3.68. The third-order valence-corrected chi connectivity index (χ3v) is 6.03. The van der Waals surface area contributed by atoms with Gasteiger partial charge in [-0.3, -0.25) is 10.1 Å². The van der Waals surface area contributed by atoms with Crippen molar-refractivity contribution in [2.75, 3.05) is 0 Å². The Kier molecular flexibility index (Phi) is 3.84. The predicted molar refractivity (Wildman–Crippen MR) is 85.8 cm³/mol. The van der Waals surface area contributed by atoms with Crippen molar-refractivity contribution in [3.05, 3.63) is 0 Å². The molecule has 120 valence electrons. The first-order chi connectivity index (χ1) is 9.85. The van der Waals surface area contributed by atoms with Crippen LogP contribution in [-0.4, -0.2) is 28.6 Å². The second-order valence-corrected chi connectivity index (χ2v) is 8.75. The van der Waals surface area contributed by atoms with Gasteiger partial charge >= 0.3 is 0 Å². The van der Waals surface area contributed by atoms with Crippen molar-refractivity contribution in [3.63, 3.8) is 0 Å². The first-order valence-electron chi connectivity index (χ1n) is 8.95. The average Bonchev–Trinajstić information content (AvgIpc) is 2.96. The molecule has 0 bridgehead atoms. The molecule has 1 heterocycles. The fraction of sp³-hybridized carbons (Fsp3) is 0.944. The number of carbonyl (C=O) groups excluding carboxylic acids is 1. The lowest BCUT2D eigenvalue weighted by molar-refractivity contribution is -0.137. The van der Waals surface area contributed by atoms with E-state index in [4.69, 9.17) is 0 Å². The number of hydrogen-bond donors (Lipinski definition) is 1. The molecule has 1 amide bonds. The van der Waals surface area contributed by atoms with E-state index in [2.05, 4.69) is 37.9 Å². The SMILES string of the molecule is CC(C)C1NC2(CCCC2)C(=O)N1C1CCCC(C)(C)C1. The summed E-state index contributed by atoms with van der Waals surface area (Å²) in [5, 5.41) is 3.77. The van der Waals surface area contributed by atoms with E-state index in [1.807, 2.05) is 0 Å². The van der Waals surface area contributed by atoms with Crippen molar-refractivity contribution in [1.29, 1.82) is 0 Å². The minimum Gasteiger partial charge on any atom is -0.322 e. The zero-order valence-corrected chi connectivity index (χ0v) is 14.2. The summed E-state index contributed by atoms with van der Waals surface area (Å²) in [7, 11) is 0. The zero-order chi connectivity index (χ0) is 15.3. The lowest BCUT2D eigenvalue weighted by Crippen LogP contribution is -2.50. The van der Waals surface area contributed by atoms with Gasteiger partial charge in [-0.05, 0) is 43.4 Å². The first kappa shape index (κ1) is 15.3. The fourth-order valence-corrected chi connectivity index (χ4v) is 4.90. The Morgan fingerprint density at radius 2 is 1.81 bits per heavy atom. The van der Waals surface area contributed by atoms with Crippen molar-refractivity contribution < 1.29 is 4.79 Å². The van der Waals surface area contributed by atoms with Crippen LogP contribution in [0.15, 0.2) is 0 Å². The Morgan fingerprint density at radius 1 is 1.14 bits per heavy atom. The van der Waals surface area contributed by atoms with Crippen LogP contribution in [0.1, 0.15) is 79.1 Å². The van der Waals surface area contributed by atoms with Crippen LogP contribution in [0.2, 0.25) is 0 Å². The molecule has 3 aliphatic rings. The van der Waals surface area contributed by atoms with Gasteiger partial charge in [-0.15, -0.1) is 0 Å². The summed E-state index contributed by atoms with van der Waals surface area (Å²) in [5.41, 5.74) is 0.173.